The number of halogens is 1. The van der Waals surface area contributed by atoms with E-state index >= 15 is 0 Å². The zero-order chi connectivity index (χ0) is 24.8. The van der Waals surface area contributed by atoms with Gasteiger partial charge in [-0.05, 0) is 13.0 Å². The minimum absolute atomic E-state index is 0.202. The highest BCUT2D eigenvalue weighted by atomic mass is 31.3. The summed E-state index contributed by atoms with van der Waals surface area (Å²) in [6.07, 6.45) is -3.22. The normalized spacial score (nSPS) is 32.4. The molecule has 0 aromatic carbocycles. The Hall–Kier alpha value is -1.10. The average Bonchev–Trinajstić information content (AvgIpc) is 2.79. The Morgan fingerprint density at radius 3 is 2.28 bits per heavy atom. The minimum Gasteiger partial charge on any atom is -0.387 e. The number of nitrogens with zero attached hydrogens (tertiary/aromatic N) is 2. The highest BCUT2D eigenvalue weighted by molar-refractivity contribution is 7.66. The van der Waals surface area contributed by atoms with Crippen LogP contribution >= 0.6 is 23.5 Å². The lowest BCUT2D eigenvalue weighted by Gasteiger charge is -2.32. The van der Waals surface area contributed by atoms with Crippen LogP contribution in [0.2, 0.25) is 0 Å². The van der Waals surface area contributed by atoms with E-state index in [1.54, 1.807) is 0 Å². The van der Waals surface area contributed by atoms with Crippen LogP contribution in [0.3, 0.4) is 0 Å². The molecule has 6 atom stereocenters. The first-order chi connectivity index (χ1) is 14.4. The molecule has 1 aliphatic rings. The van der Waals surface area contributed by atoms with E-state index in [4.69, 9.17) is 25.2 Å². The fourth-order valence-corrected chi connectivity index (χ4v) is 5.89. The van der Waals surface area contributed by atoms with Gasteiger partial charge in [0.25, 0.3) is 0 Å². The van der Waals surface area contributed by atoms with Crippen LogP contribution in [-0.2, 0) is 37.3 Å². The van der Waals surface area contributed by atoms with Gasteiger partial charge in [0.05, 0.1) is 6.61 Å². The zero-order valence-electron chi connectivity index (χ0n) is 15.9. The number of alkyl halides is 1. The molecule has 1 aromatic heterocycles. The van der Waals surface area contributed by atoms with Gasteiger partial charge < -0.3 is 40.3 Å². The maximum atomic E-state index is 13.9. The topological polar surface area (TPSA) is 270 Å². The molecule has 1 aromatic rings. The smallest absolute Gasteiger partial charge is 0.387 e. The van der Waals surface area contributed by atoms with E-state index in [9.17, 15) is 38.0 Å². The second kappa shape index (κ2) is 8.92. The van der Waals surface area contributed by atoms with Gasteiger partial charge in [0.15, 0.2) is 11.3 Å². The standard InChI is InChI=1S/C11H19FN3O14P3/c1-10(15-3-2-6(13)14-9(15)18)7(16)8(17)11(4-12,27-10)5-26-31(22,23)29-32(24,25)28-30(19,20)21/h2-3,7-8,16-17H,4-5H2,1H3,(H,22,23)(H,24,25)(H2,13,14,18)(H2,19,20,21)/t7-,8+,10-,11-/m1/s1. The molecule has 2 rings (SSSR count). The van der Waals surface area contributed by atoms with Gasteiger partial charge in [-0.25, -0.2) is 22.9 Å². The number of nitrogens with two attached hydrogens (primary N) is 1. The Morgan fingerprint density at radius 2 is 1.78 bits per heavy atom. The van der Waals surface area contributed by atoms with E-state index in [1.807, 2.05) is 0 Å². The first kappa shape index (κ1) is 27.1. The van der Waals surface area contributed by atoms with Crippen molar-refractivity contribution in [3.8, 4) is 0 Å². The summed E-state index contributed by atoms with van der Waals surface area (Å²) < 4.78 is 65.1. The van der Waals surface area contributed by atoms with Crippen molar-refractivity contribution in [3.63, 3.8) is 0 Å². The van der Waals surface area contributed by atoms with Crippen molar-refractivity contribution < 1.29 is 65.8 Å². The van der Waals surface area contributed by atoms with Gasteiger partial charge in [0, 0.05) is 6.20 Å². The number of rotatable bonds is 9. The summed E-state index contributed by atoms with van der Waals surface area (Å²) in [6.45, 7) is -2.06. The molecule has 0 amide bonds. The van der Waals surface area contributed by atoms with Crippen molar-refractivity contribution in [2.45, 2.75) is 30.5 Å². The Bertz CT molecular complexity index is 1060. The van der Waals surface area contributed by atoms with E-state index in [0.717, 1.165) is 19.2 Å². The third kappa shape index (κ3) is 5.87. The molecule has 2 heterocycles. The molecule has 8 N–H and O–H groups in total. The minimum atomic E-state index is -5.85. The van der Waals surface area contributed by atoms with Crippen LogP contribution in [-0.4, -0.2) is 70.4 Å². The highest BCUT2D eigenvalue weighted by Crippen LogP contribution is 2.66. The Morgan fingerprint density at radius 1 is 1.19 bits per heavy atom. The lowest BCUT2D eigenvalue weighted by atomic mass is 9.95. The highest BCUT2D eigenvalue weighted by Gasteiger charge is 2.62. The molecule has 1 saturated heterocycles. The van der Waals surface area contributed by atoms with Crippen LogP contribution in [0.5, 0.6) is 0 Å². The van der Waals surface area contributed by atoms with Crippen molar-refractivity contribution in [1.82, 2.24) is 9.55 Å². The SMILES string of the molecule is C[C@@]1(n2ccc(N)nc2=O)O[C@](CF)(COP(=O)(O)OP(=O)(O)OP(=O)(O)O)[C@@H](O)[C@H]1O. The monoisotopic (exact) mass is 529 g/mol. The molecule has 0 aliphatic carbocycles. The van der Waals surface area contributed by atoms with Crippen molar-refractivity contribution >= 4 is 29.3 Å². The summed E-state index contributed by atoms with van der Waals surface area (Å²) in [5, 5.41) is 20.7. The number of aromatic nitrogens is 2. The molecule has 184 valence electrons. The van der Waals surface area contributed by atoms with E-state index in [0.29, 0.717) is 4.57 Å². The van der Waals surface area contributed by atoms with Gasteiger partial charge in [-0.15, -0.1) is 0 Å². The number of phosphoric ester groups is 1. The summed E-state index contributed by atoms with van der Waals surface area (Å²) in [7, 11) is -17.2. The van der Waals surface area contributed by atoms with Gasteiger partial charge in [0.1, 0.15) is 24.7 Å². The lowest BCUT2D eigenvalue weighted by Crippen LogP contribution is -2.49. The van der Waals surface area contributed by atoms with E-state index in [2.05, 4.69) is 18.1 Å². The number of aliphatic hydroxyl groups excluding tert-OH is 2. The molecular weight excluding hydrogens is 510 g/mol. The molecule has 0 radical (unpaired) electrons. The maximum Gasteiger partial charge on any atom is 0.490 e. The predicted molar refractivity (Wildman–Crippen MR) is 98.2 cm³/mol. The number of hydrogen-bond donors (Lipinski definition) is 7. The summed E-state index contributed by atoms with van der Waals surface area (Å²) >= 11 is 0. The Balaban J connectivity index is 2.28. The fourth-order valence-electron chi connectivity index (χ4n) is 2.81. The number of phosphoric acid groups is 3. The molecule has 2 unspecified atom stereocenters. The molecular formula is C11H19FN3O14P3. The van der Waals surface area contributed by atoms with Crippen LogP contribution in [0.4, 0.5) is 10.2 Å². The molecule has 17 nitrogen and oxygen atoms in total. The van der Waals surface area contributed by atoms with Crippen molar-refractivity contribution in [2.24, 2.45) is 0 Å². The molecule has 0 bridgehead atoms. The summed E-state index contributed by atoms with van der Waals surface area (Å²) in [5.74, 6) is -0.202. The number of nitrogen functional groups attached to an aromatic ring is 1. The number of anilines is 1. The third-order valence-corrected chi connectivity index (χ3v) is 8.00. The molecule has 1 fully saturated rings. The molecule has 21 heteroatoms. The number of ether oxygens (including phenoxy) is 1. The van der Waals surface area contributed by atoms with Gasteiger partial charge >= 0.3 is 29.2 Å². The second-order valence-electron chi connectivity index (χ2n) is 6.61. The first-order valence-corrected chi connectivity index (χ1v) is 12.6. The van der Waals surface area contributed by atoms with Crippen LogP contribution in [0.15, 0.2) is 17.1 Å². The van der Waals surface area contributed by atoms with Crippen LogP contribution in [0.25, 0.3) is 0 Å². The maximum absolute atomic E-state index is 13.9. The first-order valence-electron chi connectivity index (χ1n) is 8.13. The lowest BCUT2D eigenvalue weighted by molar-refractivity contribution is -0.185. The number of hydrogen-bond acceptors (Lipinski definition) is 12. The summed E-state index contributed by atoms with van der Waals surface area (Å²) in [5.41, 5.74) is -0.522. The zero-order valence-corrected chi connectivity index (χ0v) is 18.5. The van der Waals surface area contributed by atoms with Crippen LogP contribution in [0, 0.1) is 0 Å². The van der Waals surface area contributed by atoms with E-state index in [1.165, 1.54) is 0 Å². The Kier molecular flexibility index (Phi) is 7.57. The molecule has 0 saturated carbocycles. The quantitative estimate of drug-likeness (QED) is 0.176. The van der Waals surface area contributed by atoms with E-state index < -0.39 is 66.0 Å². The average molecular weight is 529 g/mol. The van der Waals surface area contributed by atoms with Crippen molar-refractivity contribution in [1.29, 1.82) is 0 Å². The fraction of sp³-hybridized carbons (Fsp3) is 0.636. The van der Waals surface area contributed by atoms with Crippen LogP contribution in [0.1, 0.15) is 6.92 Å². The van der Waals surface area contributed by atoms with Crippen LogP contribution < -0.4 is 11.4 Å². The molecule has 1 aliphatic heterocycles. The third-order valence-electron chi connectivity index (χ3n) is 4.21. The second-order valence-corrected chi connectivity index (χ2v) is 11.0. The summed E-state index contributed by atoms with van der Waals surface area (Å²) in [4.78, 5) is 51.2. The van der Waals surface area contributed by atoms with Gasteiger partial charge in [-0.1, -0.05) is 0 Å². The predicted octanol–water partition coefficient (Wildman–Crippen LogP) is -1.70. The van der Waals surface area contributed by atoms with Gasteiger partial charge in [-0.2, -0.15) is 13.6 Å². The Labute approximate surface area is 177 Å². The van der Waals surface area contributed by atoms with Gasteiger partial charge in [0.2, 0.25) is 0 Å². The largest absolute Gasteiger partial charge is 0.490 e. The van der Waals surface area contributed by atoms with E-state index in [-0.39, 0.29) is 5.82 Å². The molecule has 0 spiro atoms. The van der Waals surface area contributed by atoms with Gasteiger partial charge in [-0.3, -0.25) is 9.09 Å². The molecule has 32 heavy (non-hydrogen) atoms. The van der Waals surface area contributed by atoms with Crippen molar-refractivity contribution in [2.75, 3.05) is 19.0 Å². The number of aliphatic hydroxyl groups is 2. The van der Waals surface area contributed by atoms with Crippen molar-refractivity contribution in [3.05, 3.63) is 22.7 Å². The summed E-state index contributed by atoms with van der Waals surface area (Å²) in [6, 6.07) is 1.12.